The normalized spacial score (nSPS) is 11.8. The van der Waals surface area contributed by atoms with E-state index in [2.05, 4.69) is 12.1 Å². The minimum absolute atomic E-state index is 0. The summed E-state index contributed by atoms with van der Waals surface area (Å²) in [4.78, 5) is 0.151. The lowest BCUT2D eigenvalue weighted by Crippen LogP contribution is -2.34. The van der Waals surface area contributed by atoms with Crippen molar-refractivity contribution in [1.29, 1.82) is 10.5 Å². The Morgan fingerprint density at radius 3 is 1.84 bits per heavy atom. The van der Waals surface area contributed by atoms with Crippen LogP contribution in [0.1, 0.15) is 41.6 Å². The molecule has 3 aromatic rings. The van der Waals surface area contributed by atoms with Gasteiger partial charge < -0.3 is 0 Å². The van der Waals surface area contributed by atoms with Gasteiger partial charge in [-0.1, -0.05) is 42.8 Å². The number of sulfonamides is 1. The molecule has 0 amide bonds. The molecule has 0 spiro atoms. The Hall–Kier alpha value is -2.81. The van der Waals surface area contributed by atoms with Crippen LogP contribution in [0.15, 0.2) is 77.7 Å². The van der Waals surface area contributed by atoms with Gasteiger partial charge in [0.05, 0.1) is 34.2 Å². The smallest absolute Gasteiger partial charge is 0.207 e. The predicted octanol–water partition coefficient (Wildman–Crippen LogP) is 5.54. The number of nitriles is 2. The van der Waals surface area contributed by atoms with Crippen molar-refractivity contribution >= 4 is 35.1 Å². The average molecular weight is 484 g/mol. The van der Waals surface area contributed by atoms with Crippen molar-refractivity contribution in [3.63, 3.8) is 0 Å². The molecule has 164 valence electrons. The summed E-state index contributed by atoms with van der Waals surface area (Å²) in [7, 11) is -3.86. The van der Waals surface area contributed by atoms with E-state index in [4.69, 9.17) is 22.1 Å². The lowest BCUT2D eigenvalue weighted by molar-refractivity contribution is 0.310. The number of halogens is 1. The third-order valence-corrected chi connectivity index (χ3v) is 7.12. The molecule has 0 aliphatic rings. The zero-order valence-corrected chi connectivity index (χ0v) is 19.9. The van der Waals surface area contributed by atoms with E-state index in [0.717, 1.165) is 11.1 Å². The molecule has 0 unspecified atom stereocenters. The minimum Gasteiger partial charge on any atom is -0.207 e. The van der Waals surface area contributed by atoms with Gasteiger partial charge in [0.2, 0.25) is 10.0 Å². The maximum atomic E-state index is 13.6. The Morgan fingerprint density at radius 1 is 0.875 bits per heavy atom. The first-order valence-electron chi connectivity index (χ1n) is 9.65. The molecular weight excluding hydrogens is 462 g/mol. The molecule has 0 N–H and O–H groups in total. The van der Waals surface area contributed by atoms with Gasteiger partial charge in [-0.15, -0.1) is 0 Å². The molecule has 0 fully saturated rings. The van der Waals surface area contributed by atoms with Gasteiger partial charge in [0.25, 0.3) is 0 Å². The van der Waals surface area contributed by atoms with Crippen molar-refractivity contribution in [1.82, 2.24) is 4.31 Å². The van der Waals surface area contributed by atoms with Gasteiger partial charge in [-0.25, -0.2) is 8.42 Å². The predicted molar refractivity (Wildman–Crippen MR) is 130 cm³/mol. The quantitative estimate of drug-likeness (QED) is 0.441. The van der Waals surface area contributed by atoms with Crippen molar-refractivity contribution in [2.24, 2.45) is 0 Å². The van der Waals surface area contributed by atoms with Crippen molar-refractivity contribution in [3.8, 4) is 12.1 Å². The summed E-state index contributed by atoms with van der Waals surface area (Å²) in [6, 6.07) is 23.6. The van der Waals surface area contributed by atoms with E-state index in [0.29, 0.717) is 22.6 Å². The van der Waals surface area contributed by atoms with Crippen LogP contribution in [0, 0.1) is 22.7 Å². The number of hydrogen-bond donors (Lipinski definition) is 0. The van der Waals surface area contributed by atoms with Crippen LogP contribution >= 0.6 is 25.1 Å². The van der Waals surface area contributed by atoms with Gasteiger partial charge in [0.15, 0.2) is 0 Å². The van der Waals surface area contributed by atoms with Crippen molar-refractivity contribution in [3.05, 3.63) is 100 Å². The van der Waals surface area contributed by atoms with E-state index in [1.807, 2.05) is 6.92 Å². The molecule has 8 heteroatoms. The van der Waals surface area contributed by atoms with Crippen LogP contribution in [0.5, 0.6) is 0 Å². The van der Waals surface area contributed by atoms with Gasteiger partial charge in [0, 0.05) is 11.6 Å². The summed E-state index contributed by atoms with van der Waals surface area (Å²) in [6.07, 6.45) is 0.537. The fourth-order valence-corrected chi connectivity index (χ4v) is 5.16. The van der Waals surface area contributed by atoms with Crippen LogP contribution in [-0.4, -0.2) is 12.7 Å². The van der Waals surface area contributed by atoms with Gasteiger partial charge in [0.1, 0.15) is 0 Å². The van der Waals surface area contributed by atoms with Gasteiger partial charge in [-0.05, 0) is 66.1 Å². The van der Waals surface area contributed by atoms with E-state index in [9.17, 15) is 8.42 Å². The van der Waals surface area contributed by atoms with Crippen LogP contribution in [0.3, 0.4) is 0 Å². The van der Waals surface area contributed by atoms with Crippen LogP contribution < -0.4 is 0 Å². The Labute approximate surface area is 201 Å². The van der Waals surface area contributed by atoms with E-state index in [1.54, 1.807) is 60.7 Å². The molecule has 3 rings (SSSR count). The molecule has 5 nitrogen and oxygen atoms in total. The third kappa shape index (κ3) is 5.70. The van der Waals surface area contributed by atoms with Crippen LogP contribution in [0.2, 0.25) is 5.02 Å². The Morgan fingerprint density at radius 2 is 1.38 bits per heavy atom. The Kier molecular flexibility index (Phi) is 8.89. The van der Waals surface area contributed by atoms with Crippen LogP contribution in [0.4, 0.5) is 0 Å². The molecule has 0 heterocycles. The van der Waals surface area contributed by atoms with Crippen LogP contribution in [-0.2, 0) is 16.6 Å². The summed E-state index contributed by atoms with van der Waals surface area (Å²) in [5.74, 6) is 0. The van der Waals surface area contributed by atoms with E-state index < -0.39 is 16.1 Å². The second-order valence-electron chi connectivity index (χ2n) is 6.97. The number of rotatable bonds is 7. The zero-order chi connectivity index (χ0) is 22.4. The highest BCUT2D eigenvalue weighted by Crippen LogP contribution is 2.32. The topological polar surface area (TPSA) is 85.0 Å². The molecule has 0 aliphatic heterocycles. The maximum Gasteiger partial charge on any atom is 0.243 e. The van der Waals surface area contributed by atoms with Crippen LogP contribution in [0.25, 0.3) is 0 Å². The molecule has 1 atom stereocenters. The van der Waals surface area contributed by atoms with Crippen molar-refractivity contribution in [2.75, 3.05) is 0 Å². The van der Waals surface area contributed by atoms with E-state index >= 15 is 0 Å². The number of nitrogens with zero attached hydrogens (tertiary/aromatic N) is 3. The first-order chi connectivity index (χ1) is 14.9. The largest absolute Gasteiger partial charge is 0.243 e. The molecule has 0 aromatic heterocycles. The first-order valence-corrected chi connectivity index (χ1v) is 11.5. The lowest BCUT2D eigenvalue weighted by atomic mass is 10.0. The highest BCUT2D eigenvalue weighted by molar-refractivity contribution is 7.89. The second-order valence-corrected chi connectivity index (χ2v) is 9.30. The van der Waals surface area contributed by atoms with Crippen molar-refractivity contribution < 1.29 is 8.42 Å². The maximum absolute atomic E-state index is 13.6. The summed E-state index contributed by atoms with van der Waals surface area (Å²) >= 11 is 5.95. The fourth-order valence-electron chi connectivity index (χ4n) is 3.35. The average Bonchev–Trinajstić information content (AvgIpc) is 2.80. The van der Waals surface area contributed by atoms with E-state index in [1.165, 1.54) is 16.4 Å². The minimum atomic E-state index is -3.86. The standard InChI is InChI=1S/C24H20ClN3O2S.H2S/c1-2-24(21-9-7-19(16-27)8-10-21)28(17-20-5-3-18(15-26)4-6-20)31(29,30)23-13-11-22(25)12-14-23;/h3-14,24H,2,17H2,1H3;1H2/t24-;/m0./s1. The van der Waals surface area contributed by atoms with Gasteiger partial charge >= 0.3 is 0 Å². The lowest BCUT2D eigenvalue weighted by Gasteiger charge is -2.31. The molecule has 32 heavy (non-hydrogen) atoms. The first kappa shape index (κ1) is 25.5. The molecule has 0 saturated heterocycles. The number of hydrogen-bond acceptors (Lipinski definition) is 4. The summed E-state index contributed by atoms with van der Waals surface area (Å²) in [5, 5.41) is 18.6. The Balaban J connectivity index is 0.00000363. The fraction of sp³-hybridized carbons (Fsp3) is 0.167. The van der Waals surface area contributed by atoms with Gasteiger partial charge in [-0.2, -0.15) is 28.3 Å². The monoisotopic (exact) mass is 483 g/mol. The molecule has 3 aromatic carbocycles. The SMILES string of the molecule is CC[C@@H](c1ccc(C#N)cc1)N(Cc1ccc(C#N)cc1)S(=O)(=O)c1ccc(Cl)cc1.S. The zero-order valence-electron chi connectivity index (χ0n) is 17.4. The molecule has 0 saturated carbocycles. The molecule has 0 aliphatic carbocycles. The number of benzene rings is 3. The summed E-state index contributed by atoms with van der Waals surface area (Å²) < 4.78 is 28.7. The molecular formula is C24H22ClN3O2S2. The van der Waals surface area contributed by atoms with Crippen molar-refractivity contribution in [2.45, 2.75) is 30.8 Å². The molecule has 0 bridgehead atoms. The highest BCUT2D eigenvalue weighted by Gasteiger charge is 2.32. The Bertz CT molecular complexity index is 1230. The third-order valence-electron chi connectivity index (χ3n) is 5.00. The van der Waals surface area contributed by atoms with E-state index in [-0.39, 0.29) is 24.9 Å². The highest BCUT2D eigenvalue weighted by atomic mass is 35.5. The molecule has 0 radical (unpaired) electrons. The van der Waals surface area contributed by atoms with Gasteiger partial charge in [-0.3, -0.25) is 0 Å². The summed E-state index contributed by atoms with van der Waals surface area (Å²) in [5.41, 5.74) is 2.59. The second kappa shape index (κ2) is 11.2. The summed E-state index contributed by atoms with van der Waals surface area (Å²) in [6.45, 7) is 2.06.